The number of halogens is 2. The number of carbonyl (C=O) groups is 2. The molecule has 0 saturated heterocycles. The monoisotopic (exact) mass is 334 g/mol. The smallest absolute Gasteiger partial charge is 0.254 e. The first-order valence-electron chi connectivity index (χ1n) is 6.66. The van der Waals surface area contributed by atoms with Crippen molar-refractivity contribution in [3.63, 3.8) is 0 Å². The van der Waals surface area contributed by atoms with Gasteiger partial charge in [0.15, 0.2) is 0 Å². The van der Waals surface area contributed by atoms with Gasteiger partial charge in [-0.15, -0.1) is 0 Å². The van der Waals surface area contributed by atoms with E-state index in [4.69, 9.17) is 23.2 Å². The van der Waals surface area contributed by atoms with Gasteiger partial charge >= 0.3 is 0 Å². The summed E-state index contributed by atoms with van der Waals surface area (Å²) in [6.45, 7) is 0.427. The molecule has 4 nitrogen and oxygen atoms in total. The first kappa shape index (κ1) is 14.9. The van der Waals surface area contributed by atoms with Gasteiger partial charge in [-0.1, -0.05) is 41.4 Å². The van der Waals surface area contributed by atoms with Gasteiger partial charge < -0.3 is 10.2 Å². The molecule has 2 aromatic carbocycles. The highest BCUT2D eigenvalue weighted by Gasteiger charge is 2.28. The minimum atomic E-state index is -0.292. The number of rotatable bonds is 3. The minimum absolute atomic E-state index is 0.0162. The zero-order valence-electron chi connectivity index (χ0n) is 11.5. The molecule has 2 amide bonds. The van der Waals surface area contributed by atoms with E-state index in [9.17, 15) is 9.59 Å². The molecule has 0 radical (unpaired) electrons. The highest BCUT2D eigenvalue weighted by Crippen LogP contribution is 2.24. The normalized spacial score (nSPS) is 13.2. The quantitative estimate of drug-likeness (QED) is 0.932. The third-order valence-electron chi connectivity index (χ3n) is 3.38. The van der Waals surface area contributed by atoms with E-state index in [-0.39, 0.29) is 18.4 Å². The zero-order valence-corrected chi connectivity index (χ0v) is 13.0. The molecule has 22 heavy (non-hydrogen) atoms. The molecule has 0 aliphatic carbocycles. The number of amides is 2. The summed E-state index contributed by atoms with van der Waals surface area (Å²) in [7, 11) is 0. The Hall–Kier alpha value is -2.04. The first-order chi connectivity index (χ1) is 10.5. The van der Waals surface area contributed by atoms with Crippen molar-refractivity contribution in [2.24, 2.45) is 0 Å². The average Bonchev–Trinajstić information content (AvgIpc) is 2.74. The van der Waals surface area contributed by atoms with Crippen LogP contribution in [0, 0.1) is 0 Å². The van der Waals surface area contributed by atoms with Gasteiger partial charge in [0.1, 0.15) is 6.54 Å². The van der Waals surface area contributed by atoms with E-state index >= 15 is 0 Å². The number of nitrogens with one attached hydrogen (secondary N) is 1. The molecule has 0 saturated carbocycles. The van der Waals surface area contributed by atoms with Crippen LogP contribution in [0.3, 0.4) is 0 Å². The SMILES string of the molecule is O=C(CN1Cc2ccccc2C1=O)Nc1cc(Cl)cc(Cl)c1. The van der Waals surface area contributed by atoms with E-state index in [0.717, 1.165) is 5.56 Å². The van der Waals surface area contributed by atoms with Crippen LogP contribution in [0.15, 0.2) is 42.5 Å². The molecule has 2 aromatic rings. The maximum absolute atomic E-state index is 12.2. The fraction of sp³-hybridized carbons (Fsp3) is 0.125. The molecule has 0 bridgehead atoms. The molecule has 6 heteroatoms. The van der Waals surface area contributed by atoms with Gasteiger partial charge in [0.05, 0.1) is 0 Å². The third kappa shape index (κ3) is 3.08. The number of nitrogens with zero attached hydrogens (tertiary/aromatic N) is 1. The predicted octanol–water partition coefficient (Wildman–Crippen LogP) is 3.59. The highest BCUT2D eigenvalue weighted by atomic mass is 35.5. The lowest BCUT2D eigenvalue weighted by Crippen LogP contribution is -2.33. The topological polar surface area (TPSA) is 49.4 Å². The lowest BCUT2D eigenvalue weighted by molar-refractivity contribution is -0.116. The second kappa shape index (κ2) is 5.99. The fourth-order valence-electron chi connectivity index (χ4n) is 2.44. The Balaban J connectivity index is 1.67. The van der Waals surface area contributed by atoms with Crippen molar-refractivity contribution in [1.29, 1.82) is 0 Å². The van der Waals surface area contributed by atoms with Crippen molar-refractivity contribution >= 4 is 40.7 Å². The van der Waals surface area contributed by atoms with Gasteiger partial charge in [-0.05, 0) is 29.8 Å². The second-order valence-electron chi connectivity index (χ2n) is 5.02. The molecule has 112 valence electrons. The van der Waals surface area contributed by atoms with Gasteiger partial charge in [-0.25, -0.2) is 0 Å². The zero-order chi connectivity index (χ0) is 15.7. The van der Waals surface area contributed by atoms with Crippen molar-refractivity contribution in [2.45, 2.75) is 6.54 Å². The lowest BCUT2D eigenvalue weighted by atomic mass is 10.1. The molecular formula is C16H12Cl2N2O2. The Kier molecular flexibility index (Phi) is 4.05. The van der Waals surface area contributed by atoms with Gasteiger partial charge in [0, 0.05) is 27.8 Å². The summed E-state index contributed by atoms with van der Waals surface area (Å²) in [4.78, 5) is 25.8. The van der Waals surface area contributed by atoms with Crippen molar-refractivity contribution in [2.75, 3.05) is 11.9 Å². The molecule has 1 aliphatic heterocycles. The van der Waals surface area contributed by atoms with Crippen molar-refractivity contribution in [3.05, 3.63) is 63.6 Å². The molecular weight excluding hydrogens is 323 g/mol. The number of fused-ring (bicyclic) bond motifs is 1. The van der Waals surface area contributed by atoms with Crippen LogP contribution in [0.4, 0.5) is 5.69 Å². The van der Waals surface area contributed by atoms with Gasteiger partial charge in [-0.2, -0.15) is 0 Å². The lowest BCUT2D eigenvalue weighted by Gasteiger charge is -2.15. The number of benzene rings is 2. The van der Waals surface area contributed by atoms with E-state index < -0.39 is 0 Å². The Morgan fingerprint density at radius 2 is 1.82 bits per heavy atom. The van der Waals surface area contributed by atoms with Crippen LogP contribution in [-0.4, -0.2) is 23.3 Å². The van der Waals surface area contributed by atoms with Gasteiger partial charge in [0.2, 0.25) is 5.91 Å². The first-order valence-corrected chi connectivity index (χ1v) is 7.41. The van der Waals surface area contributed by atoms with E-state index in [2.05, 4.69) is 5.32 Å². The number of anilines is 1. The van der Waals surface area contributed by atoms with Crippen LogP contribution >= 0.6 is 23.2 Å². The van der Waals surface area contributed by atoms with Gasteiger partial charge in [0.25, 0.3) is 5.91 Å². The molecule has 0 spiro atoms. The Bertz CT molecular complexity index is 741. The molecule has 0 fully saturated rings. The predicted molar refractivity (Wildman–Crippen MR) is 86.3 cm³/mol. The summed E-state index contributed by atoms with van der Waals surface area (Å²) in [6, 6.07) is 12.1. The maximum atomic E-state index is 12.2. The van der Waals surface area contributed by atoms with E-state index in [0.29, 0.717) is 27.8 Å². The third-order valence-corrected chi connectivity index (χ3v) is 3.81. The minimum Gasteiger partial charge on any atom is -0.325 e. The van der Waals surface area contributed by atoms with Gasteiger partial charge in [-0.3, -0.25) is 9.59 Å². The largest absolute Gasteiger partial charge is 0.325 e. The van der Waals surface area contributed by atoms with E-state index in [1.807, 2.05) is 18.2 Å². The summed E-state index contributed by atoms with van der Waals surface area (Å²) in [6.07, 6.45) is 0. The van der Waals surface area contributed by atoms with E-state index in [1.54, 1.807) is 24.3 Å². The Labute approximate surface area is 137 Å². The fourth-order valence-corrected chi connectivity index (χ4v) is 2.97. The van der Waals surface area contributed by atoms with Crippen molar-refractivity contribution in [3.8, 4) is 0 Å². The molecule has 1 aliphatic rings. The summed E-state index contributed by atoms with van der Waals surface area (Å²) < 4.78 is 0. The summed E-state index contributed by atoms with van der Waals surface area (Å²) in [5.74, 6) is -0.422. The molecule has 0 aromatic heterocycles. The highest BCUT2D eigenvalue weighted by molar-refractivity contribution is 6.35. The Morgan fingerprint density at radius 3 is 2.50 bits per heavy atom. The maximum Gasteiger partial charge on any atom is 0.254 e. The van der Waals surface area contributed by atoms with Crippen LogP contribution in [-0.2, 0) is 11.3 Å². The number of carbonyl (C=O) groups excluding carboxylic acids is 2. The second-order valence-corrected chi connectivity index (χ2v) is 5.90. The van der Waals surface area contributed by atoms with Crippen LogP contribution in [0.5, 0.6) is 0 Å². The molecule has 0 unspecified atom stereocenters. The van der Waals surface area contributed by atoms with Crippen LogP contribution < -0.4 is 5.32 Å². The average molecular weight is 335 g/mol. The van der Waals surface area contributed by atoms with Crippen LogP contribution in [0.25, 0.3) is 0 Å². The summed E-state index contributed by atoms with van der Waals surface area (Å²) >= 11 is 11.8. The molecule has 0 atom stereocenters. The van der Waals surface area contributed by atoms with Crippen molar-refractivity contribution in [1.82, 2.24) is 4.90 Å². The van der Waals surface area contributed by atoms with Crippen molar-refractivity contribution < 1.29 is 9.59 Å². The summed E-state index contributed by atoms with van der Waals surface area (Å²) in [5, 5.41) is 3.57. The number of hydrogen-bond donors (Lipinski definition) is 1. The molecule has 3 rings (SSSR count). The Morgan fingerprint density at radius 1 is 1.14 bits per heavy atom. The standard InChI is InChI=1S/C16H12Cl2N2O2/c17-11-5-12(18)7-13(6-11)19-15(21)9-20-8-10-3-1-2-4-14(10)16(20)22/h1-7H,8-9H2,(H,19,21). The van der Waals surface area contributed by atoms with Crippen LogP contribution in [0.1, 0.15) is 15.9 Å². The summed E-state index contributed by atoms with van der Waals surface area (Å²) in [5.41, 5.74) is 2.10. The molecule has 1 heterocycles. The van der Waals surface area contributed by atoms with Crippen LogP contribution in [0.2, 0.25) is 10.0 Å². The van der Waals surface area contributed by atoms with E-state index in [1.165, 1.54) is 4.90 Å². The number of hydrogen-bond acceptors (Lipinski definition) is 2. The molecule has 1 N–H and O–H groups in total.